The van der Waals surface area contributed by atoms with Gasteiger partial charge in [0.05, 0.1) is 17.1 Å². The Morgan fingerprint density at radius 1 is 1.10 bits per heavy atom. The Morgan fingerprint density at radius 2 is 1.93 bits per heavy atom. The number of thioether (sulfide) groups is 2. The maximum absolute atomic E-state index is 12.2. The first kappa shape index (κ1) is 22.4. The molecule has 0 aliphatic heterocycles. The molecule has 2 N–H and O–H groups in total. The number of carbonyl (C=O) groups is 2. The van der Waals surface area contributed by atoms with E-state index >= 15 is 0 Å². The highest BCUT2D eigenvalue weighted by Gasteiger charge is 2.17. The molecule has 0 radical (unpaired) electrons. The predicted octanol–water partition coefficient (Wildman–Crippen LogP) is 3.87. The Labute approximate surface area is 187 Å². The molecule has 3 rings (SSSR count). The molecule has 0 spiro atoms. The number of nitrogens with zero attached hydrogens (tertiary/aromatic N) is 3. The van der Waals surface area contributed by atoms with E-state index in [1.807, 2.05) is 35.7 Å². The third kappa shape index (κ3) is 6.89. The Kier molecular flexibility index (Phi) is 8.79. The summed E-state index contributed by atoms with van der Waals surface area (Å²) in [5, 5.41) is 22.8. The van der Waals surface area contributed by atoms with Gasteiger partial charge in [-0.3, -0.25) is 9.59 Å². The molecule has 158 valence electrons. The molecule has 0 atom stereocenters. The molecule has 2 aromatic heterocycles. The van der Waals surface area contributed by atoms with Crippen LogP contribution in [0.4, 0.5) is 0 Å². The van der Waals surface area contributed by atoms with Crippen LogP contribution in [0.3, 0.4) is 0 Å². The summed E-state index contributed by atoms with van der Waals surface area (Å²) in [5.41, 5.74) is 0. The van der Waals surface area contributed by atoms with Gasteiger partial charge >= 0.3 is 5.97 Å². The van der Waals surface area contributed by atoms with Gasteiger partial charge in [0.25, 0.3) is 0 Å². The summed E-state index contributed by atoms with van der Waals surface area (Å²) in [6.45, 7) is 0.877. The van der Waals surface area contributed by atoms with Crippen molar-refractivity contribution in [1.29, 1.82) is 0 Å². The van der Waals surface area contributed by atoms with Crippen molar-refractivity contribution < 1.29 is 14.7 Å². The number of carbonyl (C=O) groups excluding carboxylic acids is 1. The zero-order valence-corrected chi connectivity index (χ0v) is 18.6. The molecule has 0 fully saturated rings. The van der Waals surface area contributed by atoms with Gasteiger partial charge in [-0.1, -0.05) is 36.0 Å². The summed E-state index contributed by atoms with van der Waals surface area (Å²) in [6.07, 6.45) is 0.850. The van der Waals surface area contributed by atoms with E-state index in [9.17, 15) is 9.59 Å². The topological polar surface area (TPSA) is 97.1 Å². The number of nitrogens with one attached hydrogen (secondary N) is 1. The number of aliphatic carboxylic acids is 1. The minimum atomic E-state index is -0.886. The van der Waals surface area contributed by atoms with E-state index in [-0.39, 0.29) is 24.6 Å². The molecule has 0 saturated carbocycles. The van der Waals surface area contributed by atoms with Gasteiger partial charge in [-0.15, -0.1) is 33.3 Å². The highest BCUT2D eigenvalue weighted by Crippen LogP contribution is 2.27. The Bertz CT molecular complexity index is 946. The lowest BCUT2D eigenvalue weighted by Crippen LogP contribution is -2.26. The number of hydrogen-bond donors (Lipinski definition) is 2. The number of rotatable bonds is 12. The Balaban J connectivity index is 1.46. The van der Waals surface area contributed by atoms with Crippen LogP contribution in [0.1, 0.15) is 12.8 Å². The molecule has 0 unspecified atom stereocenters. The smallest absolute Gasteiger partial charge is 0.305 e. The second-order valence-electron chi connectivity index (χ2n) is 6.23. The third-order valence-electron chi connectivity index (χ3n) is 4.00. The van der Waals surface area contributed by atoms with Crippen LogP contribution in [0.5, 0.6) is 0 Å². The largest absolute Gasteiger partial charge is 0.481 e. The maximum atomic E-state index is 12.2. The van der Waals surface area contributed by atoms with Gasteiger partial charge in [0.15, 0.2) is 11.0 Å². The quantitative estimate of drug-likeness (QED) is 0.311. The third-order valence-corrected chi connectivity index (χ3v) is 6.93. The molecule has 3 aromatic rings. The molecule has 0 aliphatic carbocycles. The predicted molar refractivity (Wildman–Crippen MR) is 121 cm³/mol. The van der Waals surface area contributed by atoms with Crippen LogP contribution in [0, 0.1) is 0 Å². The lowest BCUT2D eigenvalue weighted by molar-refractivity contribution is -0.137. The number of hydrogen-bond acceptors (Lipinski definition) is 7. The maximum Gasteiger partial charge on any atom is 0.305 e. The van der Waals surface area contributed by atoms with E-state index < -0.39 is 5.97 Å². The zero-order valence-electron chi connectivity index (χ0n) is 16.2. The molecule has 1 amide bonds. The summed E-state index contributed by atoms with van der Waals surface area (Å²) in [4.78, 5) is 25.3. The molecule has 0 aliphatic rings. The van der Waals surface area contributed by atoms with Crippen LogP contribution in [0.15, 0.2) is 57.9 Å². The monoisotopic (exact) mass is 462 g/mol. The number of benzene rings is 1. The first-order valence-electron chi connectivity index (χ1n) is 9.39. The van der Waals surface area contributed by atoms with Crippen LogP contribution in [0.2, 0.25) is 0 Å². The first-order chi connectivity index (χ1) is 14.6. The van der Waals surface area contributed by atoms with E-state index in [1.54, 1.807) is 16.3 Å². The lowest BCUT2D eigenvalue weighted by atomic mass is 10.4. The molecular formula is C20H22N4O3S3. The fourth-order valence-corrected chi connectivity index (χ4v) is 4.97. The van der Waals surface area contributed by atoms with E-state index in [2.05, 4.69) is 27.6 Å². The van der Waals surface area contributed by atoms with Crippen LogP contribution in [0.25, 0.3) is 10.7 Å². The van der Waals surface area contributed by atoms with Crippen molar-refractivity contribution in [2.24, 2.45) is 0 Å². The molecule has 30 heavy (non-hydrogen) atoms. The van der Waals surface area contributed by atoms with Gasteiger partial charge in [-0.05, 0) is 35.8 Å². The molecular weight excluding hydrogens is 440 g/mol. The molecule has 10 heteroatoms. The zero-order chi connectivity index (χ0) is 21.2. The van der Waals surface area contributed by atoms with E-state index in [1.165, 1.54) is 28.0 Å². The standard InChI is InChI=1S/C20H22N4O3S3/c25-17(21-10-5-13-28-15-6-2-1-3-7-15)14-30-20-23-22-19(16-8-4-12-29-16)24(20)11-9-18(26)27/h1-4,6-8,12H,5,9-11,13-14H2,(H,21,25)(H,26,27). The molecule has 7 nitrogen and oxygen atoms in total. The summed E-state index contributed by atoms with van der Waals surface area (Å²) >= 11 is 4.55. The van der Waals surface area contributed by atoms with Crippen molar-refractivity contribution in [3.63, 3.8) is 0 Å². The molecule has 0 saturated heterocycles. The van der Waals surface area contributed by atoms with Gasteiger partial charge in [-0.25, -0.2) is 0 Å². The molecule has 2 heterocycles. The first-order valence-corrected chi connectivity index (χ1v) is 12.2. The van der Waals surface area contributed by atoms with E-state index in [4.69, 9.17) is 5.11 Å². The van der Waals surface area contributed by atoms with Crippen molar-refractivity contribution in [1.82, 2.24) is 20.1 Å². The van der Waals surface area contributed by atoms with Crippen LogP contribution in [-0.4, -0.2) is 49.8 Å². The van der Waals surface area contributed by atoms with Crippen LogP contribution >= 0.6 is 34.9 Å². The van der Waals surface area contributed by atoms with E-state index in [0.29, 0.717) is 17.5 Å². The van der Waals surface area contributed by atoms with Crippen molar-refractivity contribution in [2.45, 2.75) is 29.4 Å². The highest BCUT2D eigenvalue weighted by atomic mass is 32.2. The SMILES string of the molecule is O=C(O)CCn1c(SCC(=O)NCCCSc2ccccc2)nnc1-c1cccs1. The van der Waals surface area contributed by atoms with Crippen molar-refractivity contribution in [3.8, 4) is 10.7 Å². The van der Waals surface area contributed by atoms with Crippen LogP contribution < -0.4 is 5.32 Å². The normalized spacial score (nSPS) is 10.8. The van der Waals surface area contributed by atoms with Gasteiger partial charge in [0, 0.05) is 18.0 Å². The Hall–Kier alpha value is -2.30. The highest BCUT2D eigenvalue weighted by molar-refractivity contribution is 7.99. The van der Waals surface area contributed by atoms with Gasteiger partial charge in [0.2, 0.25) is 5.91 Å². The van der Waals surface area contributed by atoms with Gasteiger partial charge in [0.1, 0.15) is 0 Å². The fraction of sp³-hybridized carbons (Fsp3) is 0.300. The Morgan fingerprint density at radius 3 is 2.67 bits per heavy atom. The van der Waals surface area contributed by atoms with Crippen molar-refractivity contribution in [3.05, 3.63) is 47.8 Å². The number of carboxylic acid groups (broad SMARTS) is 1. The minimum absolute atomic E-state index is 0.0325. The summed E-state index contributed by atoms with van der Waals surface area (Å²) in [6, 6.07) is 14.0. The average molecular weight is 463 g/mol. The number of amides is 1. The summed E-state index contributed by atoms with van der Waals surface area (Å²) in [5.74, 6) is 0.817. The minimum Gasteiger partial charge on any atom is -0.481 e. The van der Waals surface area contributed by atoms with E-state index in [0.717, 1.165) is 17.1 Å². The summed E-state index contributed by atoms with van der Waals surface area (Å²) in [7, 11) is 0. The van der Waals surface area contributed by atoms with Crippen molar-refractivity contribution in [2.75, 3.05) is 18.1 Å². The second kappa shape index (κ2) is 11.8. The molecule has 1 aromatic carbocycles. The summed E-state index contributed by atoms with van der Waals surface area (Å²) < 4.78 is 1.77. The average Bonchev–Trinajstić information content (AvgIpc) is 3.40. The molecule has 0 bridgehead atoms. The number of carboxylic acids is 1. The lowest BCUT2D eigenvalue weighted by Gasteiger charge is -2.08. The number of aromatic nitrogens is 3. The van der Waals surface area contributed by atoms with Gasteiger partial charge in [-0.2, -0.15) is 0 Å². The fourth-order valence-electron chi connectivity index (χ4n) is 2.58. The number of thiophene rings is 1. The van der Waals surface area contributed by atoms with Gasteiger partial charge < -0.3 is 15.0 Å². The van der Waals surface area contributed by atoms with Crippen molar-refractivity contribution >= 4 is 46.7 Å². The second-order valence-corrected chi connectivity index (χ2v) is 9.29. The van der Waals surface area contributed by atoms with Crippen LogP contribution in [-0.2, 0) is 16.1 Å².